The number of halogens is 3. The van der Waals surface area contributed by atoms with Gasteiger partial charge in [0.2, 0.25) is 0 Å². The molecule has 124 valence electrons. The van der Waals surface area contributed by atoms with E-state index >= 15 is 0 Å². The maximum Gasteiger partial charge on any atom is 0.435 e. The highest BCUT2D eigenvalue weighted by Crippen LogP contribution is 2.32. The molecule has 2 saturated heterocycles. The number of rotatable bonds is 3. The summed E-state index contributed by atoms with van der Waals surface area (Å²) in [7, 11) is 0. The van der Waals surface area contributed by atoms with Gasteiger partial charge in [-0.1, -0.05) is 0 Å². The van der Waals surface area contributed by atoms with Gasteiger partial charge in [-0.25, -0.2) is 0 Å². The summed E-state index contributed by atoms with van der Waals surface area (Å²) in [5.41, 5.74) is -0.180. The molecule has 0 saturated carbocycles. The number of hydrogen-bond acceptors (Lipinski definition) is 3. The van der Waals surface area contributed by atoms with E-state index in [4.69, 9.17) is 0 Å². The van der Waals surface area contributed by atoms with Crippen LogP contribution in [0.1, 0.15) is 43.0 Å². The predicted molar refractivity (Wildman–Crippen MR) is 77.6 cm³/mol. The summed E-state index contributed by atoms with van der Waals surface area (Å²) in [6.07, 6.45) is 0.00329. The molecule has 2 aliphatic heterocycles. The van der Waals surface area contributed by atoms with Crippen molar-refractivity contribution in [3.63, 3.8) is 0 Å². The minimum Gasteiger partial charge on any atom is -0.317 e. The Bertz CT molecular complexity index is 479. The van der Waals surface area contributed by atoms with E-state index < -0.39 is 11.9 Å². The first kappa shape index (κ1) is 15.8. The molecule has 0 radical (unpaired) electrons. The molecule has 4 nitrogen and oxygen atoms in total. The molecular weight excluding hydrogens is 293 g/mol. The molecule has 1 unspecified atom stereocenters. The summed E-state index contributed by atoms with van der Waals surface area (Å²) < 4.78 is 38.0. The monoisotopic (exact) mass is 316 g/mol. The Morgan fingerprint density at radius 3 is 2.68 bits per heavy atom. The van der Waals surface area contributed by atoms with Crippen LogP contribution in [0.4, 0.5) is 13.2 Å². The third-order valence-electron chi connectivity index (χ3n) is 4.81. The van der Waals surface area contributed by atoms with Gasteiger partial charge < -0.3 is 10.2 Å². The lowest BCUT2D eigenvalue weighted by atomic mass is 9.92. The zero-order chi connectivity index (χ0) is 15.6. The van der Waals surface area contributed by atoms with Crippen molar-refractivity contribution in [3.8, 4) is 0 Å². The van der Waals surface area contributed by atoms with E-state index in [1.807, 2.05) is 0 Å². The number of nitrogens with one attached hydrogen (secondary N) is 2. The van der Waals surface area contributed by atoms with E-state index in [0.29, 0.717) is 11.6 Å². The van der Waals surface area contributed by atoms with Gasteiger partial charge in [0.25, 0.3) is 0 Å². The summed E-state index contributed by atoms with van der Waals surface area (Å²) in [6.45, 7) is 5.12. The van der Waals surface area contributed by atoms with Crippen LogP contribution in [0.25, 0.3) is 0 Å². The molecule has 0 amide bonds. The Balaban J connectivity index is 1.59. The van der Waals surface area contributed by atoms with Crippen LogP contribution in [0.15, 0.2) is 6.07 Å². The normalized spacial score (nSPS) is 25.5. The van der Waals surface area contributed by atoms with Crippen LogP contribution in [0.2, 0.25) is 0 Å². The molecule has 1 aromatic heterocycles. The average Bonchev–Trinajstić information content (AvgIpc) is 2.99. The summed E-state index contributed by atoms with van der Waals surface area (Å²) in [5.74, 6) is 0.853. The summed E-state index contributed by atoms with van der Waals surface area (Å²) in [4.78, 5) is 2.41. The van der Waals surface area contributed by atoms with Crippen LogP contribution < -0.4 is 5.32 Å². The average molecular weight is 316 g/mol. The first-order valence-electron chi connectivity index (χ1n) is 8.08. The molecule has 1 atom stereocenters. The van der Waals surface area contributed by atoms with Crippen LogP contribution >= 0.6 is 0 Å². The van der Waals surface area contributed by atoms with Gasteiger partial charge in [-0.15, -0.1) is 0 Å². The van der Waals surface area contributed by atoms with Crippen molar-refractivity contribution in [2.45, 2.75) is 37.8 Å². The molecular formula is C15H23F3N4. The van der Waals surface area contributed by atoms with Gasteiger partial charge in [-0.3, -0.25) is 5.10 Å². The van der Waals surface area contributed by atoms with Crippen LogP contribution in [-0.2, 0) is 6.18 Å². The molecule has 2 aliphatic rings. The standard InChI is InChI=1S/C15H23F3N4/c16-15(17,18)14-8-13(20-21-14)12-2-1-7-22(10-12)9-11-3-5-19-6-4-11/h8,11-12,19H,1-7,9-10H2,(H,20,21). The van der Waals surface area contributed by atoms with Gasteiger partial charge in [0.1, 0.15) is 0 Å². The molecule has 0 bridgehead atoms. The molecule has 0 aliphatic carbocycles. The number of alkyl halides is 3. The second kappa shape index (κ2) is 6.58. The van der Waals surface area contributed by atoms with E-state index in [-0.39, 0.29) is 5.92 Å². The lowest BCUT2D eigenvalue weighted by Crippen LogP contribution is -2.40. The lowest BCUT2D eigenvalue weighted by molar-refractivity contribution is -0.141. The Morgan fingerprint density at radius 1 is 1.23 bits per heavy atom. The minimum atomic E-state index is -4.36. The SMILES string of the molecule is FC(F)(F)c1cc(C2CCCN(CC3CCNCC3)C2)[nH]n1. The van der Waals surface area contributed by atoms with Crippen molar-refractivity contribution >= 4 is 0 Å². The second-order valence-electron chi connectivity index (χ2n) is 6.50. The molecule has 1 aromatic rings. The maximum atomic E-state index is 12.7. The fraction of sp³-hybridized carbons (Fsp3) is 0.800. The highest BCUT2D eigenvalue weighted by Gasteiger charge is 2.35. The summed E-state index contributed by atoms with van der Waals surface area (Å²) >= 11 is 0. The Kier molecular flexibility index (Phi) is 4.73. The molecule has 2 fully saturated rings. The molecule has 22 heavy (non-hydrogen) atoms. The van der Waals surface area contributed by atoms with Crippen LogP contribution in [0.5, 0.6) is 0 Å². The first-order valence-corrected chi connectivity index (χ1v) is 8.08. The van der Waals surface area contributed by atoms with Gasteiger partial charge >= 0.3 is 6.18 Å². The smallest absolute Gasteiger partial charge is 0.317 e. The predicted octanol–water partition coefficient (Wildman–Crippen LogP) is 2.61. The Labute approximate surface area is 128 Å². The van der Waals surface area contributed by atoms with Crippen LogP contribution in [0, 0.1) is 5.92 Å². The molecule has 0 spiro atoms. The van der Waals surface area contributed by atoms with Crippen molar-refractivity contribution in [2.24, 2.45) is 5.92 Å². The van der Waals surface area contributed by atoms with Crippen molar-refractivity contribution in [2.75, 3.05) is 32.7 Å². The molecule has 2 N–H and O–H groups in total. The fourth-order valence-corrected chi connectivity index (χ4v) is 3.60. The zero-order valence-corrected chi connectivity index (χ0v) is 12.6. The van der Waals surface area contributed by atoms with E-state index in [1.165, 1.54) is 18.9 Å². The van der Waals surface area contributed by atoms with Gasteiger partial charge in [-0.2, -0.15) is 18.3 Å². The quantitative estimate of drug-likeness (QED) is 0.901. The van der Waals surface area contributed by atoms with E-state index in [2.05, 4.69) is 20.4 Å². The van der Waals surface area contributed by atoms with E-state index in [9.17, 15) is 13.2 Å². The van der Waals surface area contributed by atoms with Crippen LogP contribution in [-0.4, -0.2) is 47.8 Å². The number of piperidine rings is 2. The molecule has 7 heteroatoms. The Hall–Kier alpha value is -1.08. The first-order chi connectivity index (χ1) is 10.5. The minimum absolute atomic E-state index is 0.138. The van der Waals surface area contributed by atoms with Crippen LogP contribution in [0.3, 0.4) is 0 Å². The molecule has 3 heterocycles. The van der Waals surface area contributed by atoms with Crippen molar-refractivity contribution in [1.82, 2.24) is 20.4 Å². The van der Waals surface area contributed by atoms with Crippen molar-refractivity contribution < 1.29 is 13.2 Å². The highest BCUT2D eigenvalue weighted by molar-refractivity contribution is 5.16. The summed E-state index contributed by atoms with van der Waals surface area (Å²) in [6, 6.07) is 1.18. The zero-order valence-electron chi connectivity index (χ0n) is 12.6. The van der Waals surface area contributed by atoms with E-state index in [0.717, 1.165) is 45.6 Å². The number of nitrogens with zero attached hydrogens (tertiary/aromatic N) is 2. The van der Waals surface area contributed by atoms with Gasteiger partial charge in [0.05, 0.1) is 0 Å². The maximum absolute atomic E-state index is 12.7. The number of likely N-dealkylation sites (tertiary alicyclic amines) is 1. The third kappa shape index (κ3) is 3.81. The number of hydrogen-bond donors (Lipinski definition) is 2. The van der Waals surface area contributed by atoms with Crippen molar-refractivity contribution in [1.29, 1.82) is 0 Å². The second-order valence-corrected chi connectivity index (χ2v) is 6.50. The number of aromatic amines is 1. The number of H-pyrrole nitrogens is 1. The summed E-state index contributed by atoms with van der Waals surface area (Å²) in [5, 5.41) is 9.39. The van der Waals surface area contributed by atoms with Gasteiger partial charge in [-0.05, 0) is 57.3 Å². The Morgan fingerprint density at radius 2 is 2.00 bits per heavy atom. The molecule has 3 rings (SSSR count). The van der Waals surface area contributed by atoms with Crippen molar-refractivity contribution in [3.05, 3.63) is 17.5 Å². The van der Waals surface area contributed by atoms with Gasteiger partial charge in [0.15, 0.2) is 5.69 Å². The fourth-order valence-electron chi connectivity index (χ4n) is 3.60. The van der Waals surface area contributed by atoms with Gasteiger partial charge in [0, 0.05) is 24.7 Å². The highest BCUT2D eigenvalue weighted by atomic mass is 19.4. The molecule has 0 aromatic carbocycles. The lowest BCUT2D eigenvalue weighted by Gasteiger charge is -2.35. The van der Waals surface area contributed by atoms with E-state index in [1.54, 1.807) is 0 Å². The third-order valence-corrected chi connectivity index (χ3v) is 4.81. The topological polar surface area (TPSA) is 44.0 Å². The largest absolute Gasteiger partial charge is 0.435 e. The number of aromatic nitrogens is 2.